The third-order valence-corrected chi connectivity index (χ3v) is 2.73. The Morgan fingerprint density at radius 1 is 0.750 bits per heavy atom. The van der Waals surface area contributed by atoms with E-state index in [0.29, 0.717) is 0 Å². The van der Waals surface area contributed by atoms with E-state index in [1.807, 2.05) is 0 Å². The standard InChI is InChI=1S/C14H30N2/c1-5-6-7-8-9-10-11-12-16(4)14-13-15(2)3/h13-14H,5-12H2,1-4H3/b14-13+. The van der Waals surface area contributed by atoms with Gasteiger partial charge < -0.3 is 9.80 Å². The second-order valence-corrected chi connectivity index (χ2v) is 4.86. The van der Waals surface area contributed by atoms with Crippen LogP contribution in [0.5, 0.6) is 0 Å². The molecule has 0 aliphatic rings. The molecule has 0 rings (SSSR count). The molecule has 0 radical (unpaired) electrons. The maximum Gasteiger partial charge on any atom is 0.0169 e. The van der Waals surface area contributed by atoms with Gasteiger partial charge in [-0.1, -0.05) is 45.4 Å². The van der Waals surface area contributed by atoms with Crippen LogP contribution in [0.2, 0.25) is 0 Å². The molecule has 0 aliphatic heterocycles. The van der Waals surface area contributed by atoms with E-state index in [1.54, 1.807) is 0 Å². The number of rotatable bonds is 10. The highest BCUT2D eigenvalue weighted by molar-refractivity contribution is 4.77. The van der Waals surface area contributed by atoms with Crippen molar-refractivity contribution in [3.05, 3.63) is 12.4 Å². The van der Waals surface area contributed by atoms with E-state index in [0.717, 1.165) is 0 Å². The van der Waals surface area contributed by atoms with Crippen molar-refractivity contribution in [2.75, 3.05) is 27.7 Å². The lowest BCUT2D eigenvalue weighted by molar-refractivity contribution is 0.417. The van der Waals surface area contributed by atoms with Crippen molar-refractivity contribution < 1.29 is 0 Å². The molecule has 0 fully saturated rings. The molecule has 2 heteroatoms. The summed E-state index contributed by atoms with van der Waals surface area (Å²) in [7, 11) is 6.26. The van der Waals surface area contributed by atoms with Crippen molar-refractivity contribution in [2.24, 2.45) is 0 Å². The van der Waals surface area contributed by atoms with Crippen molar-refractivity contribution in [3.8, 4) is 0 Å². The van der Waals surface area contributed by atoms with Gasteiger partial charge in [0.1, 0.15) is 0 Å². The number of hydrogen-bond donors (Lipinski definition) is 0. The first-order valence-corrected chi connectivity index (χ1v) is 6.71. The molecule has 0 N–H and O–H groups in total. The Morgan fingerprint density at radius 3 is 1.88 bits per heavy atom. The van der Waals surface area contributed by atoms with Crippen LogP contribution < -0.4 is 0 Å². The van der Waals surface area contributed by atoms with E-state index in [9.17, 15) is 0 Å². The zero-order chi connectivity index (χ0) is 12.2. The summed E-state index contributed by atoms with van der Waals surface area (Å²) in [4.78, 5) is 4.34. The van der Waals surface area contributed by atoms with Crippen LogP contribution in [0, 0.1) is 0 Å². The van der Waals surface area contributed by atoms with Gasteiger partial charge in [0, 0.05) is 40.1 Å². The summed E-state index contributed by atoms with van der Waals surface area (Å²) < 4.78 is 0. The summed E-state index contributed by atoms with van der Waals surface area (Å²) in [5.74, 6) is 0. The zero-order valence-electron chi connectivity index (χ0n) is 11.7. The Balaban J connectivity index is 3.24. The van der Waals surface area contributed by atoms with Crippen LogP contribution in [0.4, 0.5) is 0 Å². The minimum atomic E-state index is 1.18. The van der Waals surface area contributed by atoms with Crippen molar-refractivity contribution in [2.45, 2.75) is 51.9 Å². The van der Waals surface area contributed by atoms with Crippen molar-refractivity contribution in [1.29, 1.82) is 0 Å². The summed E-state index contributed by atoms with van der Waals surface area (Å²) >= 11 is 0. The Morgan fingerprint density at radius 2 is 1.31 bits per heavy atom. The van der Waals surface area contributed by atoms with Crippen LogP contribution in [0.25, 0.3) is 0 Å². The third kappa shape index (κ3) is 11.4. The molecule has 0 amide bonds. The molecule has 0 spiro atoms. The van der Waals surface area contributed by atoms with Crippen LogP contribution in [0.3, 0.4) is 0 Å². The molecule has 0 saturated heterocycles. The lowest BCUT2D eigenvalue weighted by Crippen LogP contribution is -2.14. The highest BCUT2D eigenvalue weighted by atomic mass is 15.1. The second kappa shape index (κ2) is 10.8. The van der Waals surface area contributed by atoms with Crippen molar-refractivity contribution in [3.63, 3.8) is 0 Å². The molecule has 0 aromatic rings. The van der Waals surface area contributed by atoms with Gasteiger partial charge in [0.15, 0.2) is 0 Å². The zero-order valence-corrected chi connectivity index (χ0v) is 11.7. The summed E-state index contributed by atoms with van der Waals surface area (Å²) in [5, 5.41) is 0. The fourth-order valence-corrected chi connectivity index (χ4v) is 1.64. The molecule has 96 valence electrons. The molecule has 0 unspecified atom stereocenters. The second-order valence-electron chi connectivity index (χ2n) is 4.86. The molecule has 0 bridgehead atoms. The normalized spacial score (nSPS) is 11.0. The summed E-state index contributed by atoms with van der Waals surface area (Å²) in [6, 6.07) is 0. The minimum absolute atomic E-state index is 1.18. The van der Waals surface area contributed by atoms with Gasteiger partial charge >= 0.3 is 0 Å². The number of unbranched alkanes of at least 4 members (excludes halogenated alkanes) is 6. The SMILES string of the molecule is CCCCCCCCCN(C)/C=C/N(C)C. The Labute approximate surface area is 102 Å². The number of nitrogens with zero attached hydrogens (tertiary/aromatic N) is 2. The van der Waals surface area contributed by atoms with Gasteiger partial charge in [0.25, 0.3) is 0 Å². The highest BCUT2D eigenvalue weighted by Crippen LogP contribution is 2.07. The van der Waals surface area contributed by atoms with E-state index in [4.69, 9.17) is 0 Å². The number of hydrogen-bond acceptors (Lipinski definition) is 2. The van der Waals surface area contributed by atoms with E-state index in [1.165, 1.54) is 51.5 Å². The maximum atomic E-state index is 2.27. The smallest absolute Gasteiger partial charge is 0.0169 e. The van der Waals surface area contributed by atoms with E-state index >= 15 is 0 Å². The summed E-state index contributed by atoms with van der Waals surface area (Å²) in [5.41, 5.74) is 0. The van der Waals surface area contributed by atoms with Gasteiger partial charge in [-0.2, -0.15) is 0 Å². The van der Waals surface area contributed by atoms with Crippen molar-refractivity contribution >= 4 is 0 Å². The molecule has 0 saturated carbocycles. The van der Waals surface area contributed by atoms with Gasteiger partial charge in [-0.15, -0.1) is 0 Å². The monoisotopic (exact) mass is 226 g/mol. The first-order chi connectivity index (χ1) is 7.66. The van der Waals surface area contributed by atoms with Crippen LogP contribution in [0.1, 0.15) is 51.9 Å². The lowest BCUT2D eigenvalue weighted by atomic mass is 10.1. The predicted molar refractivity (Wildman–Crippen MR) is 73.5 cm³/mol. The molecule has 0 aromatic carbocycles. The molecule has 16 heavy (non-hydrogen) atoms. The van der Waals surface area contributed by atoms with Gasteiger partial charge in [0.2, 0.25) is 0 Å². The summed E-state index contributed by atoms with van der Waals surface area (Å²) in [6.07, 6.45) is 14.0. The minimum Gasteiger partial charge on any atom is -0.382 e. The maximum absolute atomic E-state index is 2.27. The van der Waals surface area contributed by atoms with Gasteiger partial charge in [-0.3, -0.25) is 0 Å². The molecule has 0 aliphatic carbocycles. The topological polar surface area (TPSA) is 6.48 Å². The molecule has 0 heterocycles. The van der Waals surface area contributed by atoms with Gasteiger partial charge in [-0.25, -0.2) is 0 Å². The van der Waals surface area contributed by atoms with E-state index < -0.39 is 0 Å². The Bertz CT molecular complexity index is 164. The van der Waals surface area contributed by atoms with Crippen LogP contribution >= 0.6 is 0 Å². The molecular formula is C14H30N2. The predicted octanol–water partition coefficient (Wildman–Crippen LogP) is 3.70. The molecule has 0 atom stereocenters. The molecule has 0 aromatic heterocycles. The average molecular weight is 226 g/mol. The van der Waals surface area contributed by atoms with Crippen molar-refractivity contribution in [1.82, 2.24) is 9.80 Å². The van der Waals surface area contributed by atoms with Crippen LogP contribution in [0.15, 0.2) is 12.4 Å². The highest BCUT2D eigenvalue weighted by Gasteiger charge is 1.93. The fourth-order valence-electron chi connectivity index (χ4n) is 1.64. The molecule has 2 nitrogen and oxygen atoms in total. The largest absolute Gasteiger partial charge is 0.382 e. The van der Waals surface area contributed by atoms with Gasteiger partial charge in [0.05, 0.1) is 0 Å². The molecular weight excluding hydrogens is 196 g/mol. The Hall–Kier alpha value is -0.660. The lowest BCUT2D eigenvalue weighted by Gasteiger charge is -2.15. The first-order valence-electron chi connectivity index (χ1n) is 6.71. The van der Waals surface area contributed by atoms with Crippen LogP contribution in [-0.4, -0.2) is 37.5 Å². The Kier molecular flexibility index (Phi) is 10.4. The first kappa shape index (κ1) is 15.3. The van der Waals surface area contributed by atoms with E-state index in [2.05, 4.69) is 50.3 Å². The fraction of sp³-hybridized carbons (Fsp3) is 0.857. The summed E-state index contributed by atoms with van der Waals surface area (Å²) in [6.45, 7) is 3.45. The van der Waals surface area contributed by atoms with Crippen LogP contribution in [-0.2, 0) is 0 Å². The van der Waals surface area contributed by atoms with Gasteiger partial charge in [-0.05, 0) is 6.42 Å². The quantitative estimate of drug-likeness (QED) is 0.524. The average Bonchev–Trinajstić information content (AvgIpc) is 2.25. The third-order valence-electron chi connectivity index (χ3n) is 2.73. The van der Waals surface area contributed by atoms with E-state index in [-0.39, 0.29) is 0 Å².